The second-order valence-electron chi connectivity index (χ2n) is 4.16. The Morgan fingerprint density at radius 2 is 2.18 bits per heavy atom. The second kappa shape index (κ2) is 6.12. The lowest BCUT2D eigenvalue weighted by Gasteiger charge is -2.10. The molecule has 0 unspecified atom stereocenters. The average molecular weight is 340 g/mol. The SMILES string of the molecule is O=C(O)CN1C(=O)/C(=C/c2cc([N+](=O)[O-])ccc2O)SC1=S. The van der Waals surface area contributed by atoms with E-state index in [9.17, 15) is 24.8 Å². The lowest BCUT2D eigenvalue weighted by molar-refractivity contribution is -0.384. The summed E-state index contributed by atoms with van der Waals surface area (Å²) in [5.74, 6) is -2.08. The molecule has 0 aliphatic carbocycles. The minimum absolute atomic E-state index is 0.0728. The maximum Gasteiger partial charge on any atom is 0.323 e. The van der Waals surface area contributed by atoms with Crippen LogP contribution >= 0.6 is 24.0 Å². The molecule has 0 spiro atoms. The molecule has 8 nitrogen and oxygen atoms in total. The zero-order valence-electron chi connectivity index (χ0n) is 10.8. The van der Waals surface area contributed by atoms with Gasteiger partial charge in [-0.1, -0.05) is 24.0 Å². The van der Waals surface area contributed by atoms with E-state index in [4.69, 9.17) is 17.3 Å². The van der Waals surface area contributed by atoms with E-state index >= 15 is 0 Å². The molecule has 0 aromatic heterocycles. The molecule has 1 aliphatic rings. The van der Waals surface area contributed by atoms with Gasteiger partial charge in [-0.3, -0.25) is 24.6 Å². The van der Waals surface area contributed by atoms with Gasteiger partial charge in [0.05, 0.1) is 9.83 Å². The summed E-state index contributed by atoms with van der Waals surface area (Å²) in [6.07, 6.45) is 1.24. The highest BCUT2D eigenvalue weighted by molar-refractivity contribution is 8.26. The van der Waals surface area contributed by atoms with Crippen molar-refractivity contribution in [1.29, 1.82) is 0 Å². The molecule has 10 heteroatoms. The van der Waals surface area contributed by atoms with Crippen LogP contribution in [0.15, 0.2) is 23.1 Å². The van der Waals surface area contributed by atoms with Crippen LogP contribution in [0.5, 0.6) is 5.75 Å². The molecule has 2 N–H and O–H groups in total. The molecule has 22 heavy (non-hydrogen) atoms. The third kappa shape index (κ3) is 3.23. The van der Waals surface area contributed by atoms with Crippen LogP contribution < -0.4 is 0 Å². The van der Waals surface area contributed by atoms with Crippen LogP contribution in [0, 0.1) is 10.1 Å². The number of aromatic hydroxyl groups is 1. The molecule has 1 aromatic carbocycles. The van der Waals surface area contributed by atoms with Crippen molar-refractivity contribution >= 4 is 51.9 Å². The van der Waals surface area contributed by atoms with E-state index in [0.717, 1.165) is 34.9 Å². The molecule has 1 heterocycles. The number of thioether (sulfide) groups is 1. The van der Waals surface area contributed by atoms with Crippen LogP contribution in [0.3, 0.4) is 0 Å². The fourth-order valence-electron chi connectivity index (χ4n) is 1.68. The van der Waals surface area contributed by atoms with Gasteiger partial charge in [-0.2, -0.15) is 0 Å². The van der Waals surface area contributed by atoms with Crippen molar-refractivity contribution in [2.75, 3.05) is 6.54 Å². The highest BCUT2D eigenvalue weighted by atomic mass is 32.2. The minimum Gasteiger partial charge on any atom is -0.507 e. The van der Waals surface area contributed by atoms with Crippen molar-refractivity contribution in [3.05, 3.63) is 38.8 Å². The van der Waals surface area contributed by atoms with Crippen LogP contribution in [-0.4, -0.2) is 42.8 Å². The fraction of sp³-hybridized carbons (Fsp3) is 0.0833. The number of thiocarbonyl (C=S) groups is 1. The van der Waals surface area contributed by atoms with Crippen molar-refractivity contribution in [1.82, 2.24) is 4.90 Å². The molecule has 0 atom stereocenters. The summed E-state index contributed by atoms with van der Waals surface area (Å²) >= 11 is 5.79. The molecule has 1 saturated heterocycles. The van der Waals surface area contributed by atoms with Gasteiger partial charge in [0.1, 0.15) is 16.6 Å². The van der Waals surface area contributed by atoms with E-state index in [1.54, 1.807) is 0 Å². The average Bonchev–Trinajstić information content (AvgIpc) is 2.68. The number of carbonyl (C=O) groups excluding carboxylic acids is 1. The van der Waals surface area contributed by atoms with Crippen molar-refractivity contribution in [3.63, 3.8) is 0 Å². The number of amides is 1. The normalized spacial score (nSPS) is 16.4. The van der Waals surface area contributed by atoms with Crippen molar-refractivity contribution in [2.24, 2.45) is 0 Å². The summed E-state index contributed by atoms with van der Waals surface area (Å²) in [5, 5.41) is 29.2. The molecule has 1 aromatic rings. The maximum atomic E-state index is 12.1. The highest BCUT2D eigenvalue weighted by Crippen LogP contribution is 2.34. The van der Waals surface area contributed by atoms with Crippen molar-refractivity contribution in [3.8, 4) is 5.75 Å². The first kappa shape index (κ1) is 15.9. The van der Waals surface area contributed by atoms with Gasteiger partial charge >= 0.3 is 5.97 Å². The molecule has 2 rings (SSSR count). The highest BCUT2D eigenvalue weighted by Gasteiger charge is 2.33. The second-order valence-corrected chi connectivity index (χ2v) is 5.84. The van der Waals surface area contributed by atoms with Gasteiger partial charge in [-0.05, 0) is 12.1 Å². The molecule has 0 bridgehead atoms. The molecule has 0 saturated carbocycles. The lowest BCUT2D eigenvalue weighted by Crippen LogP contribution is -2.33. The Bertz CT molecular complexity index is 730. The zero-order chi connectivity index (χ0) is 16.4. The van der Waals surface area contributed by atoms with E-state index in [-0.39, 0.29) is 26.2 Å². The first-order valence-corrected chi connectivity index (χ1v) is 6.96. The van der Waals surface area contributed by atoms with Gasteiger partial charge < -0.3 is 10.2 Å². The number of benzene rings is 1. The standard InChI is InChI=1S/C12H8N2O6S2/c15-8-2-1-7(14(19)20)3-6(8)4-9-11(18)13(5-10(16)17)12(21)22-9/h1-4,15H,5H2,(H,16,17)/b9-4-. The van der Waals surface area contributed by atoms with Crippen LogP contribution in [0.4, 0.5) is 5.69 Å². The van der Waals surface area contributed by atoms with Crippen LogP contribution in [0.2, 0.25) is 0 Å². The number of phenolic OH excluding ortho intramolecular Hbond substituents is 1. The molecule has 1 amide bonds. The number of nitro groups is 1. The predicted molar refractivity (Wildman–Crippen MR) is 82.3 cm³/mol. The van der Waals surface area contributed by atoms with Crippen LogP contribution in [-0.2, 0) is 9.59 Å². The molecule has 114 valence electrons. The lowest BCUT2D eigenvalue weighted by atomic mass is 10.1. The van der Waals surface area contributed by atoms with Gasteiger partial charge in [-0.15, -0.1) is 0 Å². The van der Waals surface area contributed by atoms with E-state index in [1.807, 2.05) is 0 Å². The van der Waals surface area contributed by atoms with E-state index in [2.05, 4.69) is 0 Å². The Labute approximate surface area is 133 Å². The summed E-state index contributed by atoms with van der Waals surface area (Å²) in [6, 6.07) is 3.38. The quantitative estimate of drug-likeness (QED) is 0.367. The largest absolute Gasteiger partial charge is 0.507 e. The van der Waals surface area contributed by atoms with E-state index < -0.39 is 23.3 Å². The summed E-state index contributed by atoms with van der Waals surface area (Å²) < 4.78 is 0.0728. The maximum absolute atomic E-state index is 12.1. The van der Waals surface area contributed by atoms with E-state index in [0.29, 0.717) is 0 Å². The topological polar surface area (TPSA) is 121 Å². The third-order valence-electron chi connectivity index (χ3n) is 2.68. The summed E-state index contributed by atoms with van der Waals surface area (Å²) in [7, 11) is 0. The number of nitro benzene ring substituents is 1. The first-order valence-electron chi connectivity index (χ1n) is 5.74. The number of phenols is 1. The predicted octanol–water partition coefficient (Wildman–Crippen LogP) is 1.59. The third-order valence-corrected chi connectivity index (χ3v) is 4.05. The van der Waals surface area contributed by atoms with Gasteiger partial charge in [0, 0.05) is 17.7 Å². The Balaban J connectivity index is 2.36. The number of carboxylic acids is 1. The van der Waals surface area contributed by atoms with Gasteiger partial charge in [-0.25, -0.2) is 0 Å². The molecule has 0 radical (unpaired) electrons. The number of hydrogen-bond acceptors (Lipinski definition) is 7. The number of rotatable bonds is 4. The number of carbonyl (C=O) groups is 2. The van der Waals surface area contributed by atoms with Gasteiger partial charge in [0.15, 0.2) is 0 Å². The number of non-ortho nitro benzene ring substituents is 1. The van der Waals surface area contributed by atoms with E-state index in [1.165, 1.54) is 6.08 Å². The number of carboxylic acid groups (broad SMARTS) is 1. The van der Waals surface area contributed by atoms with Gasteiger partial charge in [0.2, 0.25) is 0 Å². The number of nitrogens with zero attached hydrogens (tertiary/aromatic N) is 2. The zero-order valence-corrected chi connectivity index (χ0v) is 12.4. The summed E-state index contributed by atoms with van der Waals surface area (Å²) in [5.41, 5.74) is -0.171. The Morgan fingerprint density at radius 3 is 2.77 bits per heavy atom. The van der Waals surface area contributed by atoms with Crippen LogP contribution in [0.25, 0.3) is 6.08 Å². The minimum atomic E-state index is -1.21. The fourth-order valence-corrected chi connectivity index (χ4v) is 2.93. The van der Waals surface area contributed by atoms with Crippen molar-refractivity contribution in [2.45, 2.75) is 0 Å². The first-order chi connectivity index (χ1) is 10.3. The van der Waals surface area contributed by atoms with Crippen molar-refractivity contribution < 1.29 is 24.7 Å². The number of hydrogen-bond donors (Lipinski definition) is 2. The van der Waals surface area contributed by atoms with Gasteiger partial charge in [0.25, 0.3) is 11.6 Å². The number of aliphatic carboxylic acids is 1. The summed E-state index contributed by atoms with van der Waals surface area (Å²) in [6.45, 7) is -0.567. The van der Waals surface area contributed by atoms with Crippen LogP contribution in [0.1, 0.15) is 5.56 Å². The Kier molecular flexibility index (Phi) is 4.43. The monoisotopic (exact) mass is 340 g/mol. The Hall–Kier alpha value is -2.46. The molecular formula is C12H8N2O6S2. The Morgan fingerprint density at radius 1 is 1.50 bits per heavy atom. The molecular weight excluding hydrogens is 332 g/mol. The molecule has 1 aliphatic heterocycles. The smallest absolute Gasteiger partial charge is 0.323 e. The summed E-state index contributed by atoms with van der Waals surface area (Å²) in [4.78, 5) is 33.8. The molecule has 1 fully saturated rings.